The lowest BCUT2D eigenvalue weighted by atomic mass is 9.96. The standard InChI is InChI=1S/C12H20N6O2/c1-3-20-12-16-10(13)15-11(17-12)18-6-4-8(5-7-18)9(19)14-2/h8H,3-7H2,1-2H3,(H,14,19)(H2,13,15,16,17). The van der Waals surface area contributed by atoms with Crippen molar-refractivity contribution in [3.05, 3.63) is 0 Å². The minimum Gasteiger partial charge on any atom is -0.464 e. The van der Waals surface area contributed by atoms with E-state index < -0.39 is 0 Å². The summed E-state index contributed by atoms with van der Waals surface area (Å²) in [5, 5.41) is 2.69. The van der Waals surface area contributed by atoms with Gasteiger partial charge in [-0.1, -0.05) is 0 Å². The number of hydrogen-bond donors (Lipinski definition) is 2. The molecule has 0 saturated carbocycles. The minimum absolute atomic E-state index is 0.0572. The van der Waals surface area contributed by atoms with Crippen molar-refractivity contribution in [2.75, 3.05) is 37.4 Å². The number of carbonyl (C=O) groups is 1. The zero-order valence-corrected chi connectivity index (χ0v) is 11.8. The largest absolute Gasteiger partial charge is 0.464 e. The summed E-state index contributed by atoms with van der Waals surface area (Å²) in [6.45, 7) is 3.76. The maximum absolute atomic E-state index is 11.6. The normalized spacial score (nSPS) is 16.0. The van der Waals surface area contributed by atoms with E-state index in [2.05, 4.69) is 20.3 Å². The quantitative estimate of drug-likeness (QED) is 0.787. The Morgan fingerprint density at radius 1 is 1.40 bits per heavy atom. The van der Waals surface area contributed by atoms with Crippen LogP contribution in [0.2, 0.25) is 0 Å². The molecule has 0 aliphatic carbocycles. The molecule has 0 radical (unpaired) electrons. The number of nitrogens with one attached hydrogen (secondary N) is 1. The van der Waals surface area contributed by atoms with Crippen molar-refractivity contribution in [1.29, 1.82) is 0 Å². The maximum atomic E-state index is 11.6. The third-order valence-electron chi connectivity index (χ3n) is 3.29. The molecule has 1 aliphatic heterocycles. The van der Waals surface area contributed by atoms with Crippen LogP contribution in [-0.2, 0) is 4.79 Å². The first-order chi connectivity index (χ1) is 9.63. The number of ether oxygens (including phenoxy) is 1. The number of carbonyl (C=O) groups excluding carboxylic acids is 1. The molecule has 0 unspecified atom stereocenters. The molecule has 0 atom stereocenters. The van der Waals surface area contributed by atoms with E-state index in [1.807, 2.05) is 11.8 Å². The van der Waals surface area contributed by atoms with Gasteiger partial charge < -0.3 is 20.7 Å². The Bertz CT molecular complexity index is 473. The molecule has 0 aromatic carbocycles. The van der Waals surface area contributed by atoms with Crippen LogP contribution in [0, 0.1) is 5.92 Å². The predicted molar refractivity (Wildman–Crippen MR) is 74.4 cm³/mol. The molecule has 1 aliphatic rings. The lowest BCUT2D eigenvalue weighted by Crippen LogP contribution is -2.40. The number of nitrogens with zero attached hydrogens (tertiary/aromatic N) is 4. The summed E-state index contributed by atoms with van der Waals surface area (Å²) in [7, 11) is 1.66. The Morgan fingerprint density at radius 2 is 2.10 bits per heavy atom. The third-order valence-corrected chi connectivity index (χ3v) is 3.29. The summed E-state index contributed by atoms with van der Waals surface area (Å²) >= 11 is 0. The predicted octanol–water partition coefficient (Wildman–Crippen LogP) is -0.185. The first-order valence-electron chi connectivity index (χ1n) is 6.75. The van der Waals surface area contributed by atoms with Crippen LogP contribution in [0.1, 0.15) is 19.8 Å². The van der Waals surface area contributed by atoms with E-state index in [0.717, 1.165) is 12.8 Å². The van der Waals surface area contributed by atoms with Crippen LogP contribution >= 0.6 is 0 Å². The molecule has 1 amide bonds. The fourth-order valence-electron chi connectivity index (χ4n) is 2.24. The SMILES string of the molecule is CCOc1nc(N)nc(N2CCC(C(=O)NC)CC2)n1. The molecule has 2 heterocycles. The summed E-state index contributed by atoms with van der Waals surface area (Å²) in [6, 6.07) is 0.239. The second-order valence-corrected chi connectivity index (χ2v) is 4.58. The topological polar surface area (TPSA) is 106 Å². The van der Waals surface area contributed by atoms with Crippen molar-refractivity contribution < 1.29 is 9.53 Å². The van der Waals surface area contributed by atoms with Crippen molar-refractivity contribution in [2.24, 2.45) is 5.92 Å². The summed E-state index contributed by atoms with van der Waals surface area (Å²) < 4.78 is 5.26. The van der Waals surface area contributed by atoms with E-state index in [0.29, 0.717) is 25.6 Å². The van der Waals surface area contributed by atoms with Gasteiger partial charge in [-0.05, 0) is 19.8 Å². The van der Waals surface area contributed by atoms with Gasteiger partial charge in [0.1, 0.15) is 0 Å². The van der Waals surface area contributed by atoms with E-state index in [1.165, 1.54) is 0 Å². The fraction of sp³-hybridized carbons (Fsp3) is 0.667. The smallest absolute Gasteiger partial charge is 0.323 e. The van der Waals surface area contributed by atoms with Gasteiger partial charge in [-0.2, -0.15) is 15.0 Å². The lowest BCUT2D eigenvalue weighted by molar-refractivity contribution is -0.125. The van der Waals surface area contributed by atoms with Gasteiger partial charge in [0.2, 0.25) is 17.8 Å². The number of amides is 1. The van der Waals surface area contributed by atoms with E-state index in [4.69, 9.17) is 10.5 Å². The molecule has 0 bridgehead atoms. The van der Waals surface area contributed by atoms with Gasteiger partial charge in [-0.15, -0.1) is 0 Å². The van der Waals surface area contributed by atoms with Crippen molar-refractivity contribution in [3.8, 4) is 6.01 Å². The molecule has 20 heavy (non-hydrogen) atoms. The van der Waals surface area contributed by atoms with Gasteiger partial charge in [0.05, 0.1) is 6.61 Å². The van der Waals surface area contributed by atoms with Crippen molar-refractivity contribution in [1.82, 2.24) is 20.3 Å². The number of rotatable bonds is 4. The van der Waals surface area contributed by atoms with Crippen LogP contribution in [0.15, 0.2) is 0 Å². The van der Waals surface area contributed by atoms with Crippen LogP contribution in [0.3, 0.4) is 0 Å². The fourth-order valence-corrected chi connectivity index (χ4v) is 2.24. The first kappa shape index (κ1) is 14.3. The van der Waals surface area contributed by atoms with Crippen LogP contribution in [0.4, 0.5) is 11.9 Å². The van der Waals surface area contributed by atoms with Gasteiger partial charge in [-0.25, -0.2) is 0 Å². The Hall–Kier alpha value is -2.12. The molecule has 0 spiro atoms. The summed E-state index contributed by atoms with van der Waals surface area (Å²) in [6.07, 6.45) is 1.55. The van der Waals surface area contributed by atoms with Crippen molar-refractivity contribution in [3.63, 3.8) is 0 Å². The minimum atomic E-state index is 0.0572. The Labute approximate surface area is 117 Å². The van der Waals surface area contributed by atoms with Gasteiger partial charge in [0.25, 0.3) is 0 Å². The zero-order valence-electron chi connectivity index (χ0n) is 11.8. The molecule has 8 heteroatoms. The van der Waals surface area contributed by atoms with Gasteiger partial charge in [0, 0.05) is 26.1 Å². The van der Waals surface area contributed by atoms with Gasteiger partial charge in [-0.3, -0.25) is 4.79 Å². The number of aromatic nitrogens is 3. The summed E-state index contributed by atoms with van der Waals surface area (Å²) in [5.41, 5.74) is 5.66. The highest BCUT2D eigenvalue weighted by Crippen LogP contribution is 2.22. The van der Waals surface area contributed by atoms with Crippen LogP contribution in [-0.4, -0.2) is 47.6 Å². The highest BCUT2D eigenvalue weighted by Gasteiger charge is 2.26. The highest BCUT2D eigenvalue weighted by molar-refractivity contribution is 5.78. The summed E-state index contributed by atoms with van der Waals surface area (Å²) in [4.78, 5) is 25.9. The molecule has 8 nitrogen and oxygen atoms in total. The van der Waals surface area contributed by atoms with Crippen molar-refractivity contribution in [2.45, 2.75) is 19.8 Å². The van der Waals surface area contributed by atoms with E-state index in [1.54, 1.807) is 7.05 Å². The number of hydrogen-bond acceptors (Lipinski definition) is 7. The molecule has 1 aromatic rings. The third kappa shape index (κ3) is 3.25. The second-order valence-electron chi connectivity index (χ2n) is 4.58. The molecule has 1 fully saturated rings. The maximum Gasteiger partial charge on any atom is 0.323 e. The molecule has 110 valence electrons. The Balaban J connectivity index is 2.04. The molecule has 1 aromatic heterocycles. The average Bonchev–Trinajstić information content (AvgIpc) is 2.46. The highest BCUT2D eigenvalue weighted by atomic mass is 16.5. The number of anilines is 2. The number of piperidine rings is 1. The van der Waals surface area contributed by atoms with Crippen molar-refractivity contribution >= 4 is 17.8 Å². The zero-order chi connectivity index (χ0) is 14.5. The number of nitrogen functional groups attached to an aromatic ring is 1. The molecular formula is C12H20N6O2. The molecular weight excluding hydrogens is 260 g/mol. The monoisotopic (exact) mass is 280 g/mol. The Morgan fingerprint density at radius 3 is 2.70 bits per heavy atom. The molecule has 3 N–H and O–H groups in total. The van der Waals surface area contributed by atoms with Gasteiger partial charge >= 0.3 is 6.01 Å². The molecule has 2 rings (SSSR count). The van der Waals surface area contributed by atoms with E-state index in [9.17, 15) is 4.79 Å². The summed E-state index contributed by atoms with van der Waals surface area (Å²) in [5.74, 6) is 0.805. The first-order valence-corrected chi connectivity index (χ1v) is 6.75. The number of nitrogens with two attached hydrogens (primary N) is 1. The lowest BCUT2D eigenvalue weighted by Gasteiger charge is -2.31. The molecule has 1 saturated heterocycles. The average molecular weight is 280 g/mol. The van der Waals surface area contributed by atoms with Gasteiger partial charge in [0.15, 0.2) is 0 Å². The second kappa shape index (κ2) is 6.36. The van der Waals surface area contributed by atoms with Crippen LogP contribution in [0.25, 0.3) is 0 Å². The Kier molecular flexibility index (Phi) is 4.54. The van der Waals surface area contributed by atoms with E-state index in [-0.39, 0.29) is 23.8 Å². The van der Waals surface area contributed by atoms with Crippen LogP contribution < -0.4 is 20.7 Å². The van der Waals surface area contributed by atoms with Crippen LogP contribution in [0.5, 0.6) is 6.01 Å². The van der Waals surface area contributed by atoms with E-state index >= 15 is 0 Å².